The average Bonchev–Trinajstić information content (AvgIpc) is 2.25. The summed E-state index contributed by atoms with van der Waals surface area (Å²) < 4.78 is 18.6. The first-order chi connectivity index (χ1) is 8.06. The fourth-order valence-corrected chi connectivity index (χ4v) is 1.83. The smallest absolute Gasteiger partial charge is 0.290 e. The number of nitrogens with one attached hydrogen (secondary N) is 2. The van der Waals surface area contributed by atoms with Gasteiger partial charge < -0.3 is 15.4 Å². The zero-order valence-corrected chi connectivity index (χ0v) is 10.9. The van der Waals surface area contributed by atoms with E-state index in [1.807, 2.05) is 0 Å². The number of thiol groups is 1. The van der Waals surface area contributed by atoms with Crippen LogP contribution in [0.2, 0.25) is 0 Å². The van der Waals surface area contributed by atoms with Crippen molar-refractivity contribution in [2.75, 3.05) is 0 Å². The third-order valence-corrected chi connectivity index (χ3v) is 2.88. The summed E-state index contributed by atoms with van der Waals surface area (Å²) in [6, 6.07) is 3.93. The summed E-state index contributed by atoms with van der Waals surface area (Å²) in [4.78, 5) is 11.5. The van der Waals surface area contributed by atoms with Crippen LogP contribution in [0.15, 0.2) is 34.6 Å². The quantitative estimate of drug-likeness (QED) is 0.728. The number of hydrogen-bond acceptors (Lipinski definition) is 4. The van der Waals surface area contributed by atoms with Gasteiger partial charge in [-0.25, -0.2) is 4.39 Å². The summed E-state index contributed by atoms with van der Waals surface area (Å²) in [5.41, 5.74) is -0.438. The molecule has 2 rings (SSSR count). The van der Waals surface area contributed by atoms with Gasteiger partial charge in [-0.1, -0.05) is 0 Å². The van der Waals surface area contributed by atoms with E-state index in [0.29, 0.717) is 10.2 Å². The Kier molecular flexibility index (Phi) is 3.58. The van der Waals surface area contributed by atoms with Crippen LogP contribution in [0.5, 0.6) is 5.75 Å². The lowest BCUT2D eigenvalue weighted by Crippen LogP contribution is -2.45. The lowest BCUT2D eigenvalue weighted by Gasteiger charge is -2.21. The molecule has 1 aromatic rings. The molecule has 1 heterocycles. The van der Waals surface area contributed by atoms with Crippen molar-refractivity contribution in [3.05, 3.63) is 40.4 Å². The van der Waals surface area contributed by atoms with Gasteiger partial charge in [-0.2, -0.15) is 0 Å². The summed E-state index contributed by atoms with van der Waals surface area (Å²) in [7, 11) is 0. The number of ether oxygens (including phenoxy) is 1. The molecule has 1 aliphatic rings. The third-order valence-electron chi connectivity index (χ3n) is 1.98. The molecule has 0 aromatic heterocycles. The van der Waals surface area contributed by atoms with Crippen molar-refractivity contribution in [2.45, 2.75) is 5.50 Å². The van der Waals surface area contributed by atoms with Crippen molar-refractivity contribution in [1.29, 1.82) is 0 Å². The van der Waals surface area contributed by atoms with E-state index in [1.165, 1.54) is 24.4 Å². The molecule has 0 fully saturated rings. The Hall–Kier alpha value is -1.21. The van der Waals surface area contributed by atoms with E-state index in [-0.39, 0.29) is 17.5 Å². The van der Waals surface area contributed by atoms with E-state index in [4.69, 9.17) is 4.74 Å². The monoisotopic (exact) mass is 318 g/mol. The summed E-state index contributed by atoms with van der Waals surface area (Å²) >= 11 is 7.17. The maximum atomic E-state index is 12.9. The first kappa shape index (κ1) is 12.3. The molecule has 1 amide bonds. The zero-order chi connectivity index (χ0) is 12.4. The molecule has 17 heavy (non-hydrogen) atoms. The number of halogens is 2. The molecule has 1 aromatic carbocycles. The predicted octanol–water partition coefficient (Wildman–Crippen LogP) is 1.74. The van der Waals surface area contributed by atoms with Gasteiger partial charge >= 0.3 is 0 Å². The topological polar surface area (TPSA) is 50.4 Å². The average molecular weight is 319 g/mol. The lowest BCUT2D eigenvalue weighted by atomic mass is 10.3. The van der Waals surface area contributed by atoms with Crippen molar-refractivity contribution >= 4 is 34.5 Å². The molecule has 1 aliphatic heterocycles. The highest BCUT2D eigenvalue weighted by Gasteiger charge is 2.20. The molecule has 0 spiro atoms. The Morgan fingerprint density at radius 2 is 2.24 bits per heavy atom. The van der Waals surface area contributed by atoms with Gasteiger partial charge in [-0.3, -0.25) is 4.79 Å². The highest BCUT2D eigenvalue weighted by Crippen LogP contribution is 2.27. The number of carbonyl (C=O) groups excluding carboxylic acids is 1. The van der Waals surface area contributed by atoms with Crippen LogP contribution >= 0.6 is 28.6 Å². The van der Waals surface area contributed by atoms with Gasteiger partial charge in [0.1, 0.15) is 17.1 Å². The molecule has 0 aliphatic carbocycles. The maximum absolute atomic E-state index is 12.9. The van der Waals surface area contributed by atoms with Crippen LogP contribution in [0, 0.1) is 5.82 Å². The zero-order valence-electron chi connectivity index (χ0n) is 8.41. The Morgan fingerprint density at radius 1 is 1.47 bits per heavy atom. The molecule has 0 saturated carbocycles. The van der Waals surface area contributed by atoms with Crippen molar-refractivity contribution in [2.24, 2.45) is 0 Å². The number of benzene rings is 1. The molecular formula is C10H8BrFN2O2S. The van der Waals surface area contributed by atoms with E-state index in [2.05, 4.69) is 39.2 Å². The van der Waals surface area contributed by atoms with Gasteiger partial charge in [-0.05, 0) is 34.1 Å². The van der Waals surface area contributed by atoms with E-state index in [1.54, 1.807) is 0 Å². The Bertz CT molecular complexity index is 495. The third kappa shape index (κ3) is 2.92. The summed E-state index contributed by atoms with van der Waals surface area (Å²) in [6.45, 7) is 0. The molecule has 0 saturated heterocycles. The van der Waals surface area contributed by atoms with Crippen LogP contribution in [-0.2, 0) is 4.79 Å². The van der Waals surface area contributed by atoms with Gasteiger partial charge in [-0.15, -0.1) is 12.6 Å². The number of amides is 1. The molecule has 0 radical (unpaired) electrons. The van der Waals surface area contributed by atoms with Gasteiger partial charge in [0, 0.05) is 6.20 Å². The van der Waals surface area contributed by atoms with E-state index in [9.17, 15) is 9.18 Å². The largest absolute Gasteiger partial charge is 0.449 e. The molecule has 1 unspecified atom stereocenters. The van der Waals surface area contributed by atoms with Crippen molar-refractivity contribution < 1.29 is 13.9 Å². The van der Waals surface area contributed by atoms with E-state index < -0.39 is 5.50 Å². The first-order valence-electron chi connectivity index (χ1n) is 4.64. The van der Waals surface area contributed by atoms with Crippen LogP contribution in [0.3, 0.4) is 0 Å². The van der Waals surface area contributed by atoms with E-state index >= 15 is 0 Å². The van der Waals surface area contributed by atoms with Crippen LogP contribution in [0.4, 0.5) is 4.39 Å². The Labute approximate surface area is 111 Å². The molecule has 4 nitrogen and oxygen atoms in total. The van der Waals surface area contributed by atoms with Crippen molar-refractivity contribution in [3.8, 4) is 5.75 Å². The van der Waals surface area contributed by atoms with Gasteiger partial charge in [0.2, 0.25) is 5.76 Å². The SMILES string of the molecule is O=C1NC(S)NC=C1Oc1ccc(F)cc1Br. The van der Waals surface area contributed by atoms with Crippen LogP contribution in [-0.4, -0.2) is 11.4 Å². The molecule has 0 bridgehead atoms. The summed E-state index contributed by atoms with van der Waals surface area (Å²) in [5, 5.41) is 5.28. The van der Waals surface area contributed by atoms with Gasteiger partial charge in [0.15, 0.2) is 0 Å². The second-order valence-corrected chi connectivity index (χ2v) is 4.60. The normalized spacial score (nSPS) is 19.1. The predicted molar refractivity (Wildman–Crippen MR) is 66.9 cm³/mol. The fraction of sp³-hybridized carbons (Fsp3) is 0.100. The highest BCUT2D eigenvalue weighted by molar-refractivity contribution is 9.10. The van der Waals surface area contributed by atoms with Gasteiger partial charge in [0.05, 0.1) is 4.47 Å². The van der Waals surface area contributed by atoms with Crippen LogP contribution in [0.1, 0.15) is 0 Å². The standard InChI is InChI=1S/C10H8BrFN2O2S/c11-6-3-5(12)1-2-7(6)16-8-4-13-10(17)14-9(8)15/h1-4,10,13,17H,(H,14,15). The van der Waals surface area contributed by atoms with Crippen LogP contribution in [0.25, 0.3) is 0 Å². The minimum Gasteiger partial charge on any atom is -0.449 e. The summed E-state index contributed by atoms with van der Waals surface area (Å²) in [5.74, 6) is -0.338. The minimum atomic E-state index is -0.438. The fourth-order valence-electron chi connectivity index (χ4n) is 1.21. The second kappa shape index (κ2) is 4.97. The molecule has 1 atom stereocenters. The molecule has 90 valence electrons. The first-order valence-corrected chi connectivity index (χ1v) is 5.95. The van der Waals surface area contributed by atoms with Crippen LogP contribution < -0.4 is 15.4 Å². The summed E-state index contributed by atoms with van der Waals surface area (Å²) in [6.07, 6.45) is 1.41. The second-order valence-electron chi connectivity index (χ2n) is 3.23. The molecular weight excluding hydrogens is 311 g/mol. The van der Waals surface area contributed by atoms with Crippen molar-refractivity contribution in [3.63, 3.8) is 0 Å². The minimum absolute atomic E-state index is 0.0857. The number of hydrogen-bond donors (Lipinski definition) is 3. The highest BCUT2D eigenvalue weighted by atomic mass is 79.9. The van der Waals surface area contributed by atoms with Gasteiger partial charge in [0.25, 0.3) is 5.91 Å². The van der Waals surface area contributed by atoms with Crippen molar-refractivity contribution in [1.82, 2.24) is 10.6 Å². The lowest BCUT2D eigenvalue weighted by molar-refractivity contribution is -0.120. The Balaban J connectivity index is 2.18. The maximum Gasteiger partial charge on any atom is 0.290 e. The number of carbonyl (C=O) groups is 1. The molecule has 2 N–H and O–H groups in total. The number of rotatable bonds is 2. The Morgan fingerprint density at radius 3 is 2.88 bits per heavy atom. The van der Waals surface area contributed by atoms with E-state index in [0.717, 1.165) is 0 Å². The molecule has 7 heteroatoms.